The summed E-state index contributed by atoms with van der Waals surface area (Å²) in [5, 5.41) is 8.51. The molecule has 76 heavy (non-hydrogen) atoms. The Bertz CT molecular complexity index is 1530. The number of benzene rings is 1. The molecule has 0 aliphatic carbocycles. The van der Waals surface area contributed by atoms with Crippen molar-refractivity contribution >= 4 is 48.6 Å². The SMILES string of the molecule is CC.CC(C)C=O.CC(CC=O)C(=O)N(C)CCCCCC=O.CNC(C(=O)NCC=O)C(C)C.CNc1ccc(COC)c(CN(C)C(=O)CCOCCOCCOCCOCCOCCOCCOCCOC)c1. The summed E-state index contributed by atoms with van der Waals surface area (Å²) in [6.07, 6.45) is 7.23. The predicted molar refractivity (Wildman–Crippen MR) is 296 cm³/mol. The van der Waals surface area contributed by atoms with E-state index in [0.29, 0.717) is 138 Å². The average Bonchev–Trinajstić information content (AvgIpc) is 3.41. The number of likely N-dealkylation sites (N-methyl/N-ethyl adjacent to an activating group) is 1. The van der Waals surface area contributed by atoms with Crippen LogP contribution in [0.3, 0.4) is 0 Å². The van der Waals surface area contributed by atoms with Gasteiger partial charge in [0.1, 0.15) is 25.1 Å². The van der Waals surface area contributed by atoms with Gasteiger partial charge in [0.05, 0.1) is 125 Å². The Morgan fingerprint density at radius 3 is 1.49 bits per heavy atom. The molecule has 0 saturated heterocycles. The van der Waals surface area contributed by atoms with Crippen LogP contribution in [0.15, 0.2) is 18.2 Å². The lowest BCUT2D eigenvalue weighted by atomic mass is 10.0. The van der Waals surface area contributed by atoms with Gasteiger partial charge >= 0.3 is 0 Å². The summed E-state index contributed by atoms with van der Waals surface area (Å²) >= 11 is 0. The van der Waals surface area contributed by atoms with Gasteiger partial charge in [0, 0.05) is 78.8 Å². The topological polar surface area (TPSA) is 245 Å². The van der Waals surface area contributed by atoms with Gasteiger partial charge in [-0.15, -0.1) is 0 Å². The third-order valence-corrected chi connectivity index (χ3v) is 10.2. The molecule has 1 aromatic rings. The quantitative estimate of drug-likeness (QED) is 0.0585. The summed E-state index contributed by atoms with van der Waals surface area (Å²) in [4.78, 5) is 78.6. The molecule has 21 heteroatoms. The summed E-state index contributed by atoms with van der Waals surface area (Å²) in [6, 6.07) is 5.85. The minimum Gasteiger partial charge on any atom is -0.388 e. The Kier molecular flexibility index (Phi) is 61.7. The summed E-state index contributed by atoms with van der Waals surface area (Å²) in [5.41, 5.74) is 3.12. The largest absolute Gasteiger partial charge is 0.388 e. The molecular formula is C55H103N5O16. The molecule has 1 rings (SSSR count). The second-order valence-corrected chi connectivity index (χ2v) is 17.3. The van der Waals surface area contributed by atoms with Crippen molar-refractivity contribution in [1.82, 2.24) is 20.4 Å². The van der Waals surface area contributed by atoms with E-state index in [1.165, 1.54) is 0 Å². The van der Waals surface area contributed by atoms with Crippen LogP contribution < -0.4 is 16.0 Å². The Morgan fingerprint density at radius 1 is 0.605 bits per heavy atom. The highest BCUT2D eigenvalue weighted by atomic mass is 16.6. The van der Waals surface area contributed by atoms with Crippen LogP contribution in [-0.2, 0) is 89.3 Å². The van der Waals surface area contributed by atoms with Crippen LogP contribution in [0.25, 0.3) is 0 Å². The van der Waals surface area contributed by atoms with Gasteiger partial charge in [-0.25, -0.2) is 0 Å². The zero-order valence-corrected chi connectivity index (χ0v) is 49.0. The zero-order valence-electron chi connectivity index (χ0n) is 49.0. The fourth-order valence-corrected chi connectivity index (χ4v) is 5.99. The van der Waals surface area contributed by atoms with Crippen LogP contribution in [-0.4, -0.2) is 213 Å². The number of amides is 3. The molecule has 3 N–H and O–H groups in total. The highest BCUT2D eigenvalue weighted by molar-refractivity contribution is 5.83. The lowest BCUT2D eigenvalue weighted by Gasteiger charge is -2.20. The van der Waals surface area contributed by atoms with Gasteiger partial charge in [-0.3, -0.25) is 14.4 Å². The zero-order chi connectivity index (χ0) is 58.0. The van der Waals surface area contributed by atoms with E-state index in [4.69, 9.17) is 42.6 Å². The molecule has 2 atom stereocenters. The van der Waals surface area contributed by atoms with Crippen LogP contribution in [0.5, 0.6) is 0 Å². The van der Waals surface area contributed by atoms with E-state index in [9.17, 15) is 33.6 Å². The first-order valence-corrected chi connectivity index (χ1v) is 26.7. The lowest BCUT2D eigenvalue weighted by Crippen LogP contribution is -2.46. The third-order valence-electron chi connectivity index (χ3n) is 10.2. The number of carbonyl (C=O) groups is 7. The summed E-state index contributed by atoms with van der Waals surface area (Å²) in [5.74, 6) is 0.118. The summed E-state index contributed by atoms with van der Waals surface area (Å²) in [7, 11) is 10.5. The molecular weight excluding hydrogens is 987 g/mol. The fraction of sp³-hybridized carbons (Fsp3) is 0.764. The third kappa shape index (κ3) is 50.5. The summed E-state index contributed by atoms with van der Waals surface area (Å²) in [6.45, 7) is 22.7. The van der Waals surface area contributed by atoms with Crippen LogP contribution in [0.2, 0.25) is 0 Å². The smallest absolute Gasteiger partial charge is 0.237 e. The molecule has 0 spiro atoms. The van der Waals surface area contributed by atoms with Gasteiger partial charge in [-0.2, -0.15) is 0 Å². The molecule has 3 amide bonds. The normalized spacial score (nSPS) is 11.2. The van der Waals surface area contributed by atoms with E-state index >= 15 is 0 Å². The number of aldehydes is 4. The number of methoxy groups -OCH3 is 2. The van der Waals surface area contributed by atoms with Crippen molar-refractivity contribution < 1.29 is 76.2 Å². The van der Waals surface area contributed by atoms with Gasteiger partial charge in [0.25, 0.3) is 0 Å². The summed E-state index contributed by atoms with van der Waals surface area (Å²) < 4.78 is 48.3. The number of rotatable bonds is 44. The van der Waals surface area contributed by atoms with Gasteiger partial charge in [-0.05, 0) is 49.1 Å². The number of nitrogens with one attached hydrogen (secondary N) is 3. The van der Waals surface area contributed by atoms with E-state index in [1.54, 1.807) is 52.1 Å². The second-order valence-electron chi connectivity index (χ2n) is 17.3. The molecule has 0 aliphatic heterocycles. The maximum absolute atomic E-state index is 12.5. The minimum atomic E-state index is -0.225. The first-order chi connectivity index (χ1) is 36.6. The Labute approximate surface area is 457 Å². The molecule has 0 fully saturated rings. The number of nitrogens with zero attached hydrogens (tertiary/aromatic N) is 2. The van der Waals surface area contributed by atoms with Crippen LogP contribution in [0, 0.1) is 17.8 Å². The number of anilines is 1. The molecule has 0 aliphatic rings. The highest BCUT2D eigenvalue weighted by Crippen LogP contribution is 2.18. The van der Waals surface area contributed by atoms with Crippen molar-refractivity contribution in [3.05, 3.63) is 29.3 Å². The van der Waals surface area contributed by atoms with E-state index in [-0.39, 0.29) is 54.5 Å². The molecule has 0 aromatic heterocycles. The Balaban J connectivity index is -0.000000599. The molecule has 21 nitrogen and oxygen atoms in total. The standard InChI is InChI=1S/C29H52N2O10.C12H21NO3.C8H16N2O2.C4H8O.C2H6/c1-30-28-6-5-26(25-34-4)27(23-28)24-31(2)29(32)7-8-35-11-12-37-15-16-39-19-20-41-22-21-40-18-17-38-14-13-36-10-9-33-3;1-11(7-10-15)12(16)13(2)8-5-3-4-6-9-14;1-6(2)7(9-3)8(12)10-4-5-11;1-4(2)3-5;1-2/h5-6,23,30H,7-22,24-25H2,1-4H3;9-11H,3-8H2,1-2H3;5-7,9H,4H2,1-3H3,(H,10,12);3-4H,1-2H3;1-2H3. The van der Waals surface area contributed by atoms with Crippen molar-refractivity contribution in [2.75, 3.05) is 160 Å². The van der Waals surface area contributed by atoms with Gasteiger partial charge in [-0.1, -0.05) is 61.0 Å². The number of hydrogen-bond acceptors (Lipinski definition) is 18. The lowest BCUT2D eigenvalue weighted by molar-refractivity contribution is -0.135. The number of unbranched alkanes of at least 4 members (excludes halogenated alkanes) is 3. The second kappa shape index (κ2) is 59.9. The van der Waals surface area contributed by atoms with Crippen LogP contribution in [0.4, 0.5) is 5.69 Å². The Morgan fingerprint density at radius 2 is 1.09 bits per heavy atom. The maximum Gasteiger partial charge on any atom is 0.237 e. The number of ether oxygens (including phenoxy) is 9. The van der Waals surface area contributed by atoms with Gasteiger partial charge in [0.2, 0.25) is 17.7 Å². The molecule has 444 valence electrons. The van der Waals surface area contributed by atoms with Crippen molar-refractivity contribution in [2.45, 2.75) is 106 Å². The predicted octanol–water partition coefficient (Wildman–Crippen LogP) is 4.83. The van der Waals surface area contributed by atoms with E-state index < -0.39 is 0 Å². The van der Waals surface area contributed by atoms with Crippen LogP contribution in [0.1, 0.15) is 98.1 Å². The first kappa shape index (κ1) is 78.2. The molecule has 0 saturated carbocycles. The Hall–Kier alpha value is -4.29. The molecule has 0 bridgehead atoms. The average molecular weight is 1090 g/mol. The van der Waals surface area contributed by atoms with Crippen molar-refractivity contribution in [2.24, 2.45) is 17.8 Å². The molecule has 2 unspecified atom stereocenters. The highest BCUT2D eigenvalue weighted by Gasteiger charge is 2.19. The van der Waals surface area contributed by atoms with E-state index in [2.05, 4.69) is 16.0 Å². The monoisotopic (exact) mass is 1090 g/mol. The fourth-order valence-electron chi connectivity index (χ4n) is 5.99. The van der Waals surface area contributed by atoms with Gasteiger partial charge < -0.3 is 87.6 Å². The molecule has 1 aromatic carbocycles. The number of carbonyl (C=O) groups excluding carboxylic acids is 7. The first-order valence-electron chi connectivity index (χ1n) is 26.7. The maximum atomic E-state index is 12.5. The van der Waals surface area contributed by atoms with E-state index in [0.717, 1.165) is 54.9 Å². The number of hydrogen-bond donors (Lipinski definition) is 3. The van der Waals surface area contributed by atoms with Gasteiger partial charge in [0.15, 0.2) is 0 Å². The van der Waals surface area contributed by atoms with E-state index in [1.807, 2.05) is 66.8 Å². The van der Waals surface area contributed by atoms with Crippen molar-refractivity contribution in [1.29, 1.82) is 0 Å². The molecule has 0 heterocycles. The minimum absolute atomic E-state index is 0.0162. The van der Waals surface area contributed by atoms with Crippen LogP contribution >= 0.6 is 0 Å². The molecule has 0 radical (unpaired) electrons. The van der Waals surface area contributed by atoms with Crippen molar-refractivity contribution in [3.63, 3.8) is 0 Å². The van der Waals surface area contributed by atoms with Crippen molar-refractivity contribution in [3.8, 4) is 0 Å².